The van der Waals surface area contributed by atoms with Crippen molar-refractivity contribution in [2.45, 2.75) is 62.3 Å². The third-order valence-electron chi connectivity index (χ3n) is 7.56. The van der Waals surface area contributed by atoms with Gasteiger partial charge in [-0.05, 0) is 55.4 Å². The minimum atomic E-state index is -0.732. The molecule has 3 fully saturated rings. The molecule has 168 valence electrons. The number of rotatable bonds is 5. The maximum absolute atomic E-state index is 13.3. The summed E-state index contributed by atoms with van der Waals surface area (Å²) < 4.78 is 0. The molecule has 4 aliphatic rings. The van der Waals surface area contributed by atoms with Crippen molar-refractivity contribution in [2.75, 3.05) is 19.6 Å². The number of carbonyl (C=O) groups is 3. The number of carbonyl (C=O) groups excluding carboxylic acids is 3. The van der Waals surface area contributed by atoms with Crippen molar-refractivity contribution in [1.82, 2.24) is 14.7 Å². The van der Waals surface area contributed by atoms with Crippen molar-refractivity contribution >= 4 is 17.7 Å². The standard InChI is InChI=1S/C23H28N6O3/c24-10-15-2-1-7-28(15)22(31)18(25)12-27-11-16-9-20(27)23(32)29(16)19-6-4-13-8-14(21(26)30)3-5-17(13)19/h3,5,8,15-16,18-20H,1-2,4,6-7,9,11-12,25H2,(H2,26,30)/t15?,16-,18?,19?,20-/m0/s1. The highest BCUT2D eigenvalue weighted by atomic mass is 16.2. The Bertz CT molecular complexity index is 1020. The second-order valence-corrected chi connectivity index (χ2v) is 9.36. The number of piperazine rings is 1. The summed E-state index contributed by atoms with van der Waals surface area (Å²) in [7, 11) is 0. The second kappa shape index (κ2) is 7.87. The number of hydrogen-bond donors (Lipinski definition) is 2. The van der Waals surface area contributed by atoms with E-state index in [9.17, 15) is 19.6 Å². The van der Waals surface area contributed by atoms with Crippen LogP contribution < -0.4 is 11.5 Å². The molecule has 3 heterocycles. The van der Waals surface area contributed by atoms with E-state index in [4.69, 9.17) is 11.5 Å². The van der Waals surface area contributed by atoms with Crippen LogP contribution in [0.4, 0.5) is 0 Å². The van der Waals surface area contributed by atoms with E-state index in [2.05, 4.69) is 6.07 Å². The molecule has 3 saturated heterocycles. The van der Waals surface area contributed by atoms with Crippen LogP contribution in [0, 0.1) is 11.3 Å². The van der Waals surface area contributed by atoms with Gasteiger partial charge in [0.05, 0.1) is 24.2 Å². The van der Waals surface area contributed by atoms with Gasteiger partial charge in [-0.15, -0.1) is 0 Å². The largest absolute Gasteiger partial charge is 0.366 e. The summed E-state index contributed by atoms with van der Waals surface area (Å²) in [5.41, 5.74) is 14.3. The zero-order valence-corrected chi connectivity index (χ0v) is 17.9. The fourth-order valence-electron chi connectivity index (χ4n) is 6.05. The Morgan fingerprint density at radius 3 is 2.78 bits per heavy atom. The Labute approximate surface area is 186 Å². The van der Waals surface area contributed by atoms with Crippen molar-refractivity contribution < 1.29 is 14.4 Å². The number of aryl methyl sites for hydroxylation is 1. The predicted octanol–water partition coefficient (Wildman–Crippen LogP) is -0.100. The van der Waals surface area contributed by atoms with Crippen LogP contribution in [-0.4, -0.2) is 76.2 Å². The summed E-state index contributed by atoms with van der Waals surface area (Å²) in [6, 6.07) is 6.44. The van der Waals surface area contributed by atoms with Gasteiger partial charge in [-0.1, -0.05) is 6.07 Å². The quantitative estimate of drug-likeness (QED) is 0.661. The number of hydrogen-bond acceptors (Lipinski definition) is 6. The summed E-state index contributed by atoms with van der Waals surface area (Å²) in [4.78, 5) is 43.2. The molecule has 0 spiro atoms. The molecule has 1 aliphatic carbocycles. The molecule has 1 aromatic rings. The minimum absolute atomic E-state index is 0.0212. The van der Waals surface area contributed by atoms with Crippen LogP contribution in [0.15, 0.2) is 18.2 Å². The lowest BCUT2D eigenvalue weighted by Crippen LogP contribution is -2.56. The van der Waals surface area contributed by atoms with Crippen LogP contribution in [0.2, 0.25) is 0 Å². The maximum Gasteiger partial charge on any atom is 0.248 e. The highest BCUT2D eigenvalue weighted by Crippen LogP contribution is 2.44. The van der Waals surface area contributed by atoms with Crippen molar-refractivity contribution in [3.63, 3.8) is 0 Å². The van der Waals surface area contributed by atoms with E-state index in [-0.39, 0.29) is 29.9 Å². The summed E-state index contributed by atoms with van der Waals surface area (Å²) >= 11 is 0. The first-order valence-corrected chi connectivity index (χ1v) is 11.3. The first-order valence-electron chi connectivity index (χ1n) is 11.3. The topological polar surface area (TPSA) is 137 Å². The highest BCUT2D eigenvalue weighted by molar-refractivity contribution is 5.93. The molecule has 9 nitrogen and oxygen atoms in total. The molecule has 0 aromatic heterocycles. The Balaban J connectivity index is 1.25. The van der Waals surface area contributed by atoms with Gasteiger partial charge < -0.3 is 21.3 Å². The third-order valence-corrected chi connectivity index (χ3v) is 7.56. The van der Waals surface area contributed by atoms with Gasteiger partial charge >= 0.3 is 0 Å². The third kappa shape index (κ3) is 3.26. The maximum atomic E-state index is 13.3. The van der Waals surface area contributed by atoms with E-state index < -0.39 is 18.0 Å². The van der Waals surface area contributed by atoms with E-state index in [1.807, 2.05) is 21.9 Å². The van der Waals surface area contributed by atoms with E-state index in [0.717, 1.165) is 36.8 Å². The van der Waals surface area contributed by atoms with Crippen LogP contribution in [0.1, 0.15) is 53.2 Å². The monoisotopic (exact) mass is 436 g/mol. The summed E-state index contributed by atoms with van der Waals surface area (Å²) in [6.45, 7) is 1.60. The molecule has 32 heavy (non-hydrogen) atoms. The average molecular weight is 437 g/mol. The zero-order valence-electron chi connectivity index (χ0n) is 17.9. The molecule has 9 heteroatoms. The highest BCUT2D eigenvalue weighted by Gasteiger charge is 2.53. The Morgan fingerprint density at radius 2 is 2.06 bits per heavy atom. The number of nitriles is 1. The smallest absolute Gasteiger partial charge is 0.248 e. The Kier molecular flexibility index (Phi) is 5.14. The molecular weight excluding hydrogens is 408 g/mol. The molecule has 1 aromatic carbocycles. The van der Waals surface area contributed by atoms with Crippen molar-refractivity contribution in [3.05, 3.63) is 34.9 Å². The number of nitrogens with two attached hydrogens (primary N) is 2. The van der Waals surface area contributed by atoms with Crippen LogP contribution in [-0.2, 0) is 16.0 Å². The van der Waals surface area contributed by atoms with Crippen LogP contribution in [0.25, 0.3) is 0 Å². The van der Waals surface area contributed by atoms with Crippen LogP contribution in [0.3, 0.4) is 0 Å². The summed E-state index contributed by atoms with van der Waals surface area (Å²) in [6.07, 6.45) is 3.93. The average Bonchev–Trinajstić information content (AvgIpc) is 3.55. The first kappa shape index (κ1) is 20.9. The van der Waals surface area contributed by atoms with Crippen molar-refractivity contribution in [3.8, 4) is 6.07 Å². The van der Waals surface area contributed by atoms with Gasteiger partial charge in [0.1, 0.15) is 6.04 Å². The van der Waals surface area contributed by atoms with Crippen LogP contribution >= 0.6 is 0 Å². The van der Waals surface area contributed by atoms with Gasteiger partial charge in [-0.3, -0.25) is 19.3 Å². The molecule has 2 bridgehead atoms. The second-order valence-electron chi connectivity index (χ2n) is 9.36. The molecule has 0 radical (unpaired) electrons. The fraction of sp³-hybridized carbons (Fsp3) is 0.565. The normalized spacial score (nSPS) is 29.9. The molecule has 3 amide bonds. The molecule has 3 unspecified atom stereocenters. The molecule has 3 aliphatic heterocycles. The van der Waals surface area contributed by atoms with Gasteiger partial charge in [-0.25, -0.2) is 0 Å². The lowest BCUT2D eigenvalue weighted by molar-refractivity contribution is -0.141. The van der Waals surface area contributed by atoms with Crippen molar-refractivity contribution in [2.24, 2.45) is 11.5 Å². The number of primary amides is 1. The minimum Gasteiger partial charge on any atom is -0.366 e. The first-order chi connectivity index (χ1) is 15.4. The zero-order chi connectivity index (χ0) is 22.6. The van der Waals surface area contributed by atoms with Gasteiger partial charge in [0.2, 0.25) is 17.7 Å². The lowest BCUT2D eigenvalue weighted by Gasteiger charge is -2.38. The van der Waals surface area contributed by atoms with E-state index in [1.54, 1.807) is 11.0 Å². The van der Waals surface area contributed by atoms with E-state index in [1.165, 1.54) is 0 Å². The number of amides is 3. The molecule has 5 rings (SSSR count). The van der Waals surface area contributed by atoms with Gasteiger partial charge in [0, 0.05) is 31.2 Å². The van der Waals surface area contributed by atoms with Gasteiger partial charge in [0.25, 0.3) is 0 Å². The Hall–Kier alpha value is -2.96. The summed E-state index contributed by atoms with van der Waals surface area (Å²) in [5, 5.41) is 9.25. The number of nitrogens with zero attached hydrogens (tertiary/aromatic N) is 4. The van der Waals surface area contributed by atoms with E-state index in [0.29, 0.717) is 31.6 Å². The van der Waals surface area contributed by atoms with Crippen LogP contribution in [0.5, 0.6) is 0 Å². The SMILES string of the molecule is N#CC1CCCN1C(=O)C(N)CN1C[C@@H]2C[C@H]1C(=O)N2C1CCc2cc(C(N)=O)ccc21. The molecule has 4 N–H and O–H groups in total. The fourth-order valence-corrected chi connectivity index (χ4v) is 6.05. The lowest BCUT2D eigenvalue weighted by atomic mass is 10.0. The van der Waals surface area contributed by atoms with Gasteiger partial charge in [0.15, 0.2) is 0 Å². The Morgan fingerprint density at radius 1 is 1.25 bits per heavy atom. The molecular formula is C23H28N6O3. The van der Waals surface area contributed by atoms with Gasteiger partial charge in [-0.2, -0.15) is 5.26 Å². The predicted molar refractivity (Wildman–Crippen MR) is 115 cm³/mol. The van der Waals surface area contributed by atoms with E-state index >= 15 is 0 Å². The molecule has 0 saturated carbocycles. The summed E-state index contributed by atoms with van der Waals surface area (Å²) in [5.74, 6) is -0.547. The number of benzene rings is 1. The van der Waals surface area contributed by atoms with Crippen molar-refractivity contribution in [1.29, 1.82) is 5.26 Å². The number of fused-ring (bicyclic) bond motifs is 3. The molecule has 5 atom stereocenters. The number of likely N-dealkylation sites (tertiary alicyclic amines) is 3.